The number of rotatable bonds is 7. The van der Waals surface area contributed by atoms with Gasteiger partial charge in [0.05, 0.1) is 13.7 Å². The third-order valence-electron chi connectivity index (χ3n) is 3.27. The van der Waals surface area contributed by atoms with Crippen LogP contribution in [0.1, 0.15) is 18.3 Å². The van der Waals surface area contributed by atoms with Gasteiger partial charge in [-0.25, -0.2) is 9.36 Å². The van der Waals surface area contributed by atoms with Crippen LogP contribution in [0.25, 0.3) is 0 Å². The van der Waals surface area contributed by atoms with Crippen LogP contribution in [-0.2, 0) is 9.30 Å². The van der Waals surface area contributed by atoms with Crippen molar-refractivity contribution >= 4 is 13.7 Å². The number of alkyl carbamates (subject to hydrolysis) is 1. The fraction of sp³-hybridized carbons (Fsp3) is 0.235. The lowest BCUT2D eigenvalue weighted by Gasteiger charge is -2.24. The van der Waals surface area contributed by atoms with Crippen molar-refractivity contribution < 1.29 is 28.3 Å². The number of carbonyl (C=O) groups is 1. The van der Waals surface area contributed by atoms with Crippen molar-refractivity contribution in [3.63, 3.8) is 0 Å². The van der Waals surface area contributed by atoms with Crippen LogP contribution in [0.4, 0.5) is 4.79 Å². The highest BCUT2D eigenvalue weighted by Gasteiger charge is 2.37. The van der Waals surface area contributed by atoms with Crippen LogP contribution in [-0.4, -0.2) is 24.7 Å². The molecule has 0 heterocycles. The second-order valence-electron chi connectivity index (χ2n) is 5.01. The summed E-state index contributed by atoms with van der Waals surface area (Å²) in [5, 5.41) is 2.39. The molecule has 2 aromatic rings. The molecule has 7 nitrogen and oxygen atoms in total. The van der Waals surface area contributed by atoms with E-state index in [4.69, 9.17) is 14.0 Å². The van der Waals surface area contributed by atoms with Gasteiger partial charge in [-0.15, -0.1) is 0 Å². The zero-order valence-electron chi connectivity index (χ0n) is 13.9. The number of nitrogens with one attached hydrogen (secondary N) is 1. The van der Waals surface area contributed by atoms with Gasteiger partial charge in [-0.1, -0.05) is 30.3 Å². The number of amides is 1. The SMILES string of the molecule is CCOC(=O)NC(c1ccc(OC)cc1)P(=O)(O)Oc1ccccc1. The summed E-state index contributed by atoms with van der Waals surface area (Å²) in [7, 11) is -2.79. The summed E-state index contributed by atoms with van der Waals surface area (Å²) in [6, 6.07) is 14.6. The molecule has 0 radical (unpaired) electrons. The molecule has 0 spiro atoms. The molecule has 0 aromatic heterocycles. The van der Waals surface area contributed by atoms with Crippen molar-refractivity contribution in [3.05, 3.63) is 60.2 Å². The fourth-order valence-electron chi connectivity index (χ4n) is 2.11. The van der Waals surface area contributed by atoms with E-state index in [2.05, 4.69) is 5.32 Å². The third kappa shape index (κ3) is 5.24. The van der Waals surface area contributed by atoms with Crippen molar-refractivity contribution in [3.8, 4) is 11.5 Å². The van der Waals surface area contributed by atoms with Gasteiger partial charge in [0.25, 0.3) is 0 Å². The van der Waals surface area contributed by atoms with Gasteiger partial charge in [0.15, 0.2) is 5.78 Å². The number of methoxy groups -OCH3 is 1. The topological polar surface area (TPSA) is 94.1 Å². The second-order valence-corrected chi connectivity index (χ2v) is 6.84. The number of benzene rings is 2. The molecule has 2 aromatic carbocycles. The third-order valence-corrected chi connectivity index (χ3v) is 4.82. The predicted molar refractivity (Wildman–Crippen MR) is 92.8 cm³/mol. The number of ether oxygens (including phenoxy) is 2. The maximum atomic E-state index is 12.8. The molecule has 2 N–H and O–H groups in total. The van der Waals surface area contributed by atoms with Gasteiger partial charge in [0.2, 0.25) is 0 Å². The lowest BCUT2D eigenvalue weighted by Crippen LogP contribution is -2.30. The first-order chi connectivity index (χ1) is 12.0. The Hall–Kier alpha value is -2.50. The molecule has 0 aliphatic carbocycles. The van der Waals surface area contributed by atoms with Crippen LogP contribution >= 0.6 is 7.60 Å². The Bertz CT molecular complexity index is 735. The van der Waals surface area contributed by atoms with Gasteiger partial charge in [-0.05, 0) is 36.8 Å². The summed E-state index contributed by atoms with van der Waals surface area (Å²) >= 11 is 0. The fourth-order valence-corrected chi connectivity index (χ4v) is 3.46. The Morgan fingerprint density at radius 3 is 2.32 bits per heavy atom. The van der Waals surface area contributed by atoms with E-state index < -0.39 is 19.5 Å². The summed E-state index contributed by atoms with van der Waals surface area (Å²) in [5.74, 6) is -0.495. The maximum absolute atomic E-state index is 12.8. The molecule has 0 bridgehead atoms. The van der Waals surface area contributed by atoms with E-state index in [1.165, 1.54) is 7.11 Å². The van der Waals surface area contributed by atoms with E-state index in [0.29, 0.717) is 11.3 Å². The molecular weight excluding hydrogens is 345 g/mol. The lowest BCUT2D eigenvalue weighted by atomic mass is 10.2. The molecule has 25 heavy (non-hydrogen) atoms. The van der Waals surface area contributed by atoms with Crippen LogP contribution in [0.3, 0.4) is 0 Å². The molecule has 0 aliphatic rings. The summed E-state index contributed by atoms with van der Waals surface area (Å²) in [6.07, 6.45) is -0.811. The molecule has 0 saturated carbocycles. The summed E-state index contributed by atoms with van der Waals surface area (Å²) in [4.78, 5) is 22.3. The van der Waals surface area contributed by atoms with E-state index in [1.54, 1.807) is 61.5 Å². The number of hydrogen-bond donors (Lipinski definition) is 2. The van der Waals surface area contributed by atoms with Crippen LogP contribution < -0.4 is 14.6 Å². The van der Waals surface area contributed by atoms with Gasteiger partial charge in [-0.3, -0.25) is 0 Å². The van der Waals surface area contributed by atoms with Crippen molar-refractivity contribution in [2.45, 2.75) is 12.7 Å². The van der Waals surface area contributed by atoms with E-state index >= 15 is 0 Å². The van der Waals surface area contributed by atoms with Crippen LogP contribution in [0.5, 0.6) is 11.5 Å². The largest absolute Gasteiger partial charge is 0.497 e. The highest BCUT2D eigenvalue weighted by Crippen LogP contribution is 2.54. The first kappa shape index (κ1) is 18.8. The number of hydrogen-bond acceptors (Lipinski definition) is 5. The Morgan fingerprint density at radius 1 is 1.12 bits per heavy atom. The zero-order chi connectivity index (χ0) is 18.3. The number of carbonyl (C=O) groups excluding carboxylic acids is 1. The van der Waals surface area contributed by atoms with Gasteiger partial charge in [0.1, 0.15) is 11.5 Å². The van der Waals surface area contributed by atoms with Crippen molar-refractivity contribution in [1.82, 2.24) is 5.32 Å². The van der Waals surface area contributed by atoms with E-state index in [0.717, 1.165) is 0 Å². The average molecular weight is 365 g/mol. The van der Waals surface area contributed by atoms with Gasteiger partial charge in [0, 0.05) is 0 Å². The minimum absolute atomic E-state index is 0.135. The highest BCUT2D eigenvalue weighted by molar-refractivity contribution is 7.53. The molecule has 0 aliphatic heterocycles. The van der Waals surface area contributed by atoms with E-state index in [9.17, 15) is 14.3 Å². The summed E-state index contributed by atoms with van der Waals surface area (Å²) < 4.78 is 28.0. The van der Waals surface area contributed by atoms with E-state index in [1.807, 2.05) is 0 Å². The van der Waals surface area contributed by atoms with Gasteiger partial charge in [-0.2, -0.15) is 0 Å². The predicted octanol–water partition coefficient (Wildman–Crippen LogP) is 3.70. The lowest BCUT2D eigenvalue weighted by molar-refractivity contribution is 0.149. The molecular formula is C17H20NO6P. The minimum atomic E-state index is -4.30. The van der Waals surface area contributed by atoms with Crippen LogP contribution in [0.2, 0.25) is 0 Å². The molecule has 134 valence electrons. The molecule has 8 heteroatoms. The smallest absolute Gasteiger partial charge is 0.408 e. The second kappa shape index (κ2) is 8.55. The monoisotopic (exact) mass is 365 g/mol. The zero-order valence-corrected chi connectivity index (χ0v) is 14.8. The Morgan fingerprint density at radius 2 is 1.76 bits per heavy atom. The maximum Gasteiger partial charge on any atom is 0.408 e. The Balaban J connectivity index is 2.31. The van der Waals surface area contributed by atoms with Crippen molar-refractivity contribution in [2.24, 2.45) is 0 Å². The molecule has 0 fully saturated rings. The molecule has 0 saturated heterocycles. The quantitative estimate of drug-likeness (QED) is 0.727. The first-order valence-corrected chi connectivity index (χ1v) is 9.25. The Kier molecular flexibility index (Phi) is 6.44. The first-order valence-electron chi connectivity index (χ1n) is 7.60. The Labute approximate surface area is 146 Å². The standard InChI is InChI=1S/C17H20NO6P/c1-3-23-17(19)18-16(13-9-11-14(22-2)12-10-13)25(20,21)24-15-7-5-4-6-8-15/h4-12,16H,3H2,1-2H3,(H,18,19)(H,20,21). The van der Waals surface area contributed by atoms with Crippen LogP contribution in [0.15, 0.2) is 54.6 Å². The molecule has 2 atom stereocenters. The molecule has 1 amide bonds. The minimum Gasteiger partial charge on any atom is -0.497 e. The van der Waals surface area contributed by atoms with E-state index in [-0.39, 0.29) is 12.4 Å². The molecule has 2 unspecified atom stereocenters. The van der Waals surface area contributed by atoms with Gasteiger partial charge >= 0.3 is 13.7 Å². The van der Waals surface area contributed by atoms with Gasteiger partial charge < -0.3 is 24.2 Å². The van der Waals surface area contributed by atoms with Crippen molar-refractivity contribution in [2.75, 3.05) is 13.7 Å². The average Bonchev–Trinajstić information content (AvgIpc) is 2.60. The summed E-state index contributed by atoms with van der Waals surface area (Å²) in [6.45, 7) is 1.78. The highest BCUT2D eigenvalue weighted by atomic mass is 31.2. The van der Waals surface area contributed by atoms with Crippen LogP contribution in [0, 0.1) is 0 Å². The normalized spacial score (nSPS) is 14.0. The summed E-state index contributed by atoms with van der Waals surface area (Å²) in [5.41, 5.74) is 0.385. The molecule has 2 rings (SSSR count). The number of para-hydroxylation sites is 1. The van der Waals surface area contributed by atoms with Crippen molar-refractivity contribution in [1.29, 1.82) is 0 Å².